The number of benzene rings is 2. The summed E-state index contributed by atoms with van der Waals surface area (Å²) < 4.78 is 12.3. The number of aromatic nitrogens is 1. The Morgan fingerprint density at radius 2 is 1.87 bits per heavy atom. The molecule has 0 radical (unpaired) electrons. The van der Waals surface area contributed by atoms with Crippen molar-refractivity contribution in [1.82, 2.24) is 15.2 Å². The van der Waals surface area contributed by atoms with Crippen LogP contribution in [0.25, 0.3) is 10.4 Å². The number of carbonyl (C=O) groups is 1. The molecule has 1 aromatic heterocycles. The van der Waals surface area contributed by atoms with Gasteiger partial charge in [0, 0.05) is 30.5 Å². The molecule has 0 aliphatic heterocycles. The quantitative estimate of drug-likeness (QED) is 0.219. The van der Waals surface area contributed by atoms with E-state index in [-0.39, 0.29) is 29.9 Å². The van der Waals surface area contributed by atoms with Crippen LogP contribution in [-0.2, 0) is 9.53 Å². The lowest BCUT2D eigenvalue weighted by atomic mass is 9.72. The fraction of sp³-hybridized carbons (Fsp3) is 0.579. The van der Waals surface area contributed by atoms with Gasteiger partial charge in [-0.1, -0.05) is 49.6 Å². The highest BCUT2D eigenvalue weighted by molar-refractivity contribution is 7.15. The molecular weight excluding hydrogens is 579 g/mol. The number of ether oxygens (including phenoxy) is 2. The average Bonchev–Trinajstić information content (AvgIpc) is 3.79. The summed E-state index contributed by atoms with van der Waals surface area (Å²) >= 11 is 1.83. The number of rotatable bonds is 12. The van der Waals surface area contributed by atoms with Crippen LogP contribution in [0.4, 0.5) is 0 Å². The number of hydrogen-bond donors (Lipinski definition) is 1. The molecule has 6 rings (SSSR count). The summed E-state index contributed by atoms with van der Waals surface area (Å²) in [6.45, 7) is 3.70. The number of aryl methyl sites for hydroxylation is 1. The summed E-state index contributed by atoms with van der Waals surface area (Å²) in [5.41, 5.74) is 4.89. The first-order valence-electron chi connectivity index (χ1n) is 17.2. The molecule has 3 saturated carbocycles. The Balaban J connectivity index is 1.28. The van der Waals surface area contributed by atoms with Crippen molar-refractivity contribution in [3.8, 4) is 16.2 Å². The molecule has 0 spiro atoms. The van der Waals surface area contributed by atoms with Crippen LogP contribution < -0.4 is 10.1 Å². The van der Waals surface area contributed by atoms with Gasteiger partial charge < -0.3 is 19.7 Å². The van der Waals surface area contributed by atoms with Crippen molar-refractivity contribution < 1.29 is 14.3 Å². The minimum absolute atomic E-state index is 0.0475. The van der Waals surface area contributed by atoms with E-state index in [4.69, 9.17) is 14.5 Å². The smallest absolute Gasteiger partial charge is 0.223 e. The molecule has 3 aliphatic rings. The van der Waals surface area contributed by atoms with Crippen molar-refractivity contribution in [2.75, 3.05) is 34.4 Å². The Morgan fingerprint density at radius 1 is 1.04 bits per heavy atom. The highest BCUT2D eigenvalue weighted by Gasteiger charge is 2.38. The van der Waals surface area contributed by atoms with Crippen LogP contribution in [0.3, 0.4) is 0 Å². The van der Waals surface area contributed by atoms with Gasteiger partial charge in [-0.25, -0.2) is 4.98 Å². The van der Waals surface area contributed by atoms with Gasteiger partial charge in [-0.05, 0) is 106 Å². The lowest BCUT2D eigenvalue weighted by Gasteiger charge is -2.40. The molecule has 242 valence electrons. The minimum atomic E-state index is -0.0475. The Morgan fingerprint density at radius 3 is 2.60 bits per heavy atom. The van der Waals surface area contributed by atoms with Crippen LogP contribution in [0.2, 0.25) is 0 Å². The average molecular weight is 630 g/mol. The highest BCUT2D eigenvalue weighted by atomic mass is 32.1. The molecule has 45 heavy (non-hydrogen) atoms. The first-order valence-corrected chi connectivity index (χ1v) is 18.0. The second-order valence-electron chi connectivity index (χ2n) is 13.9. The number of methoxy groups -OCH3 is 1. The number of carbonyl (C=O) groups excluding carboxylic acids is 1. The van der Waals surface area contributed by atoms with E-state index in [9.17, 15) is 4.79 Å². The number of nitrogens with one attached hydrogen (secondary N) is 1. The summed E-state index contributed by atoms with van der Waals surface area (Å²) in [6.07, 6.45) is 13.2. The maximum atomic E-state index is 13.8. The van der Waals surface area contributed by atoms with E-state index in [1.54, 1.807) is 7.11 Å². The molecule has 4 atom stereocenters. The van der Waals surface area contributed by atoms with E-state index in [2.05, 4.69) is 73.7 Å². The lowest BCUT2D eigenvalue weighted by Crippen LogP contribution is -2.42. The highest BCUT2D eigenvalue weighted by Crippen LogP contribution is 2.46. The van der Waals surface area contributed by atoms with Gasteiger partial charge >= 0.3 is 0 Å². The second kappa shape index (κ2) is 14.8. The topological polar surface area (TPSA) is 63.7 Å². The molecule has 2 aromatic carbocycles. The first-order chi connectivity index (χ1) is 21.9. The molecule has 1 amide bonds. The van der Waals surface area contributed by atoms with Gasteiger partial charge in [0.05, 0.1) is 35.7 Å². The molecule has 3 aliphatic carbocycles. The van der Waals surface area contributed by atoms with Crippen LogP contribution >= 0.6 is 11.3 Å². The Kier molecular flexibility index (Phi) is 10.6. The minimum Gasteiger partial charge on any atom is -0.496 e. The maximum Gasteiger partial charge on any atom is 0.223 e. The van der Waals surface area contributed by atoms with Crippen molar-refractivity contribution in [2.45, 2.75) is 95.1 Å². The van der Waals surface area contributed by atoms with Crippen molar-refractivity contribution >= 4 is 17.2 Å². The van der Waals surface area contributed by atoms with Crippen LogP contribution in [0.15, 0.2) is 48.7 Å². The third kappa shape index (κ3) is 7.98. The van der Waals surface area contributed by atoms with Gasteiger partial charge in [0.1, 0.15) is 5.75 Å². The van der Waals surface area contributed by atoms with E-state index in [1.165, 1.54) is 45.8 Å². The SMILES string of the molecule is COc1ccc(C2CCC(C(NC(=O)C3CCCCC3)c3cccc(-c4cnc(C5CC5)s4)c3)CC2OCCN(C)C)cc1C. The largest absolute Gasteiger partial charge is 0.496 e. The summed E-state index contributed by atoms with van der Waals surface area (Å²) in [5.74, 6) is 2.54. The summed E-state index contributed by atoms with van der Waals surface area (Å²) in [7, 11) is 5.92. The summed E-state index contributed by atoms with van der Waals surface area (Å²) in [6, 6.07) is 15.4. The molecule has 0 bridgehead atoms. The maximum absolute atomic E-state index is 13.8. The molecule has 7 heteroatoms. The van der Waals surface area contributed by atoms with Crippen molar-refractivity contribution in [1.29, 1.82) is 0 Å². The van der Waals surface area contributed by atoms with Gasteiger partial charge in [-0.2, -0.15) is 0 Å². The van der Waals surface area contributed by atoms with Crippen LogP contribution in [0.5, 0.6) is 5.75 Å². The molecular formula is C38H51N3O3S. The van der Waals surface area contributed by atoms with Gasteiger partial charge in [0.2, 0.25) is 5.91 Å². The Labute approximate surface area is 273 Å². The third-order valence-electron chi connectivity index (χ3n) is 10.3. The van der Waals surface area contributed by atoms with E-state index in [0.717, 1.165) is 62.8 Å². The molecule has 4 unspecified atom stereocenters. The zero-order valence-electron chi connectivity index (χ0n) is 27.6. The van der Waals surface area contributed by atoms with E-state index in [0.29, 0.717) is 18.4 Å². The predicted octanol–water partition coefficient (Wildman–Crippen LogP) is 8.27. The Hall–Kier alpha value is -2.74. The number of amides is 1. The lowest BCUT2D eigenvalue weighted by molar-refractivity contribution is -0.127. The molecule has 3 fully saturated rings. The van der Waals surface area contributed by atoms with Crippen LogP contribution in [0, 0.1) is 18.8 Å². The first kappa shape index (κ1) is 32.2. The zero-order valence-corrected chi connectivity index (χ0v) is 28.4. The van der Waals surface area contributed by atoms with Crippen LogP contribution in [0.1, 0.15) is 104 Å². The van der Waals surface area contributed by atoms with Crippen LogP contribution in [-0.4, -0.2) is 56.3 Å². The molecule has 1 heterocycles. The number of thiazole rings is 1. The fourth-order valence-electron chi connectivity index (χ4n) is 7.48. The molecule has 1 N–H and O–H groups in total. The number of likely N-dealkylation sites (N-methyl/N-ethyl adjacent to an activating group) is 1. The van der Waals surface area contributed by atoms with Crippen molar-refractivity contribution in [3.63, 3.8) is 0 Å². The normalized spacial score (nSPS) is 23.2. The Bertz CT molecular complexity index is 1430. The van der Waals surface area contributed by atoms with Gasteiger partial charge in [0.25, 0.3) is 0 Å². The monoisotopic (exact) mass is 629 g/mol. The standard InChI is InChI=1S/C38H51N3O3S/c1-25-21-28(16-18-33(25)43-4)32-17-15-31(23-34(32)44-20-19-41(2)3)36(40-37(42)26-9-6-5-7-10-26)30-12-8-11-29(22-30)35-24-39-38(45-35)27-13-14-27/h8,11-12,16,18,21-22,24,26-27,31-32,34,36H,5-7,9-10,13-15,17,19-20,23H2,1-4H3,(H,40,42). The zero-order chi connectivity index (χ0) is 31.3. The van der Waals surface area contributed by atoms with E-state index >= 15 is 0 Å². The number of hydrogen-bond acceptors (Lipinski definition) is 6. The van der Waals surface area contributed by atoms with Crippen molar-refractivity contribution in [3.05, 3.63) is 70.4 Å². The van der Waals surface area contributed by atoms with Gasteiger partial charge in [-0.3, -0.25) is 4.79 Å². The fourth-order valence-corrected chi connectivity index (χ4v) is 8.57. The predicted molar refractivity (Wildman–Crippen MR) is 183 cm³/mol. The summed E-state index contributed by atoms with van der Waals surface area (Å²) in [4.78, 5) is 22.0. The molecule has 0 saturated heterocycles. The van der Waals surface area contributed by atoms with Gasteiger partial charge in [0.15, 0.2) is 0 Å². The van der Waals surface area contributed by atoms with E-state index in [1.807, 2.05) is 17.5 Å². The molecule has 3 aromatic rings. The second-order valence-corrected chi connectivity index (χ2v) is 15.0. The third-order valence-corrected chi connectivity index (χ3v) is 11.5. The summed E-state index contributed by atoms with van der Waals surface area (Å²) in [5, 5.41) is 4.89. The van der Waals surface area contributed by atoms with E-state index < -0.39 is 0 Å². The van der Waals surface area contributed by atoms with Crippen molar-refractivity contribution in [2.24, 2.45) is 11.8 Å². The molecule has 6 nitrogen and oxygen atoms in total. The van der Waals surface area contributed by atoms with Gasteiger partial charge in [-0.15, -0.1) is 11.3 Å². The number of nitrogens with zero attached hydrogens (tertiary/aromatic N) is 2.